The Morgan fingerprint density at radius 1 is 1.38 bits per heavy atom. The quantitative estimate of drug-likeness (QED) is 0.905. The van der Waals surface area contributed by atoms with Crippen molar-refractivity contribution in [1.29, 1.82) is 0 Å². The summed E-state index contributed by atoms with van der Waals surface area (Å²) in [5, 5.41) is 0.792. The maximum atomic E-state index is 6.23. The normalized spacial score (nSPS) is 16.5. The van der Waals surface area contributed by atoms with Crippen LogP contribution in [0.3, 0.4) is 0 Å². The highest BCUT2D eigenvalue weighted by atomic mass is 35.5. The molecular formula is C12H18Cl2N2. The van der Waals surface area contributed by atoms with E-state index < -0.39 is 0 Å². The predicted molar refractivity (Wildman–Crippen MR) is 72.7 cm³/mol. The molecule has 1 aromatic carbocycles. The molecule has 16 heavy (non-hydrogen) atoms. The van der Waals surface area contributed by atoms with Gasteiger partial charge in [0.15, 0.2) is 0 Å². The molecule has 0 saturated heterocycles. The molecule has 2 N–H and O–H groups in total. The third-order valence-corrected chi connectivity index (χ3v) is 3.32. The minimum Gasteiger partial charge on any atom is -0.378 e. The predicted octanol–water partition coefficient (Wildman–Crippen LogP) is 3.24. The topological polar surface area (TPSA) is 29.3 Å². The van der Waals surface area contributed by atoms with Crippen LogP contribution in [-0.4, -0.2) is 14.1 Å². The van der Waals surface area contributed by atoms with Gasteiger partial charge >= 0.3 is 0 Å². The molecule has 4 heteroatoms. The fourth-order valence-corrected chi connectivity index (χ4v) is 2.07. The molecule has 0 aromatic heterocycles. The number of nitrogens with two attached hydrogens (primary N) is 1. The summed E-state index contributed by atoms with van der Waals surface area (Å²) in [7, 11) is 4.01. The van der Waals surface area contributed by atoms with Gasteiger partial charge in [0.25, 0.3) is 0 Å². The van der Waals surface area contributed by atoms with Crippen LogP contribution in [0.25, 0.3) is 0 Å². The van der Waals surface area contributed by atoms with E-state index >= 15 is 0 Å². The molecule has 1 aromatic rings. The second kappa shape index (κ2) is 5.26. The van der Waals surface area contributed by atoms with Crippen molar-refractivity contribution in [3.05, 3.63) is 28.8 Å². The smallest absolute Gasteiger partial charge is 0.0474 e. The fourth-order valence-electron chi connectivity index (χ4n) is 1.77. The molecule has 0 bridgehead atoms. The van der Waals surface area contributed by atoms with Gasteiger partial charge in [-0.25, -0.2) is 0 Å². The minimum atomic E-state index is 0. The summed E-state index contributed by atoms with van der Waals surface area (Å²) in [6.07, 6.45) is 2.49. The van der Waals surface area contributed by atoms with Crippen molar-refractivity contribution in [3.8, 4) is 0 Å². The van der Waals surface area contributed by atoms with E-state index in [0.717, 1.165) is 16.3 Å². The van der Waals surface area contributed by atoms with Gasteiger partial charge in [-0.2, -0.15) is 0 Å². The van der Waals surface area contributed by atoms with E-state index in [2.05, 4.69) is 12.1 Å². The van der Waals surface area contributed by atoms with Gasteiger partial charge in [0, 0.05) is 30.8 Å². The zero-order valence-electron chi connectivity index (χ0n) is 9.61. The molecule has 0 radical (unpaired) electrons. The first-order valence-electron chi connectivity index (χ1n) is 5.32. The van der Waals surface area contributed by atoms with Gasteiger partial charge in [0.2, 0.25) is 0 Å². The summed E-state index contributed by atoms with van der Waals surface area (Å²) < 4.78 is 0. The van der Waals surface area contributed by atoms with Gasteiger partial charge in [-0.3, -0.25) is 0 Å². The molecule has 0 spiro atoms. The maximum absolute atomic E-state index is 6.23. The Balaban J connectivity index is 0.00000128. The first kappa shape index (κ1) is 13.6. The Hall–Kier alpha value is -0.440. The number of benzene rings is 1. The van der Waals surface area contributed by atoms with Crippen LogP contribution < -0.4 is 10.6 Å². The molecule has 1 saturated carbocycles. The lowest BCUT2D eigenvalue weighted by atomic mass is 10.0. The van der Waals surface area contributed by atoms with E-state index in [1.807, 2.05) is 25.1 Å². The third-order valence-electron chi connectivity index (χ3n) is 2.99. The number of halogens is 2. The van der Waals surface area contributed by atoms with Crippen LogP contribution in [0.15, 0.2) is 18.2 Å². The number of anilines is 1. The number of rotatable bonds is 3. The third kappa shape index (κ3) is 2.82. The maximum Gasteiger partial charge on any atom is 0.0474 e. The van der Waals surface area contributed by atoms with Crippen LogP contribution in [0.2, 0.25) is 5.02 Å². The molecule has 1 aliphatic carbocycles. The highest BCUT2D eigenvalue weighted by molar-refractivity contribution is 6.31. The lowest BCUT2D eigenvalue weighted by Gasteiger charge is -2.17. The number of nitrogens with zero attached hydrogens (tertiary/aromatic N) is 1. The number of hydrogen-bond acceptors (Lipinski definition) is 2. The highest BCUT2D eigenvalue weighted by Gasteiger charge is 2.30. The van der Waals surface area contributed by atoms with Crippen LogP contribution in [0.4, 0.5) is 5.69 Å². The van der Waals surface area contributed by atoms with Crippen LogP contribution in [-0.2, 0) is 0 Å². The van der Waals surface area contributed by atoms with Crippen molar-refractivity contribution in [1.82, 2.24) is 0 Å². The minimum absolute atomic E-state index is 0. The van der Waals surface area contributed by atoms with Gasteiger partial charge in [-0.05, 0) is 36.5 Å². The van der Waals surface area contributed by atoms with Crippen LogP contribution >= 0.6 is 24.0 Å². The average Bonchev–Trinajstić information content (AvgIpc) is 2.99. The van der Waals surface area contributed by atoms with Crippen molar-refractivity contribution in [2.75, 3.05) is 19.0 Å². The van der Waals surface area contributed by atoms with Crippen molar-refractivity contribution in [2.45, 2.75) is 18.9 Å². The SMILES string of the molecule is CN(C)c1ccc([C@@H](N)C2CC2)c(Cl)c1.Cl. The fraction of sp³-hybridized carbons (Fsp3) is 0.500. The van der Waals surface area contributed by atoms with Gasteiger partial charge in [0.1, 0.15) is 0 Å². The van der Waals surface area contributed by atoms with E-state index in [1.165, 1.54) is 12.8 Å². The van der Waals surface area contributed by atoms with Crippen molar-refractivity contribution in [3.63, 3.8) is 0 Å². The van der Waals surface area contributed by atoms with Gasteiger partial charge in [0.05, 0.1) is 0 Å². The molecule has 0 unspecified atom stereocenters. The molecular weight excluding hydrogens is 243 g/mol. The first-order valence-corrected chi connectivity index (χ1v) is 5.69. The summed E-state index contributed by atoms with van der Waals surface area (Å²) in [5.74, 6) is 0.646. The Labute approximate surface area is 108 Å². The van der Waals surface area contributed by atoms with Crippen molar-refractivity contribution < 1.29 is 0 Å². The van der Waals surface area contributed by atoms with E-state index in [4.69, 9.17) is 17.3 Å². The summed E-state index contributed by atoms with van der Waals surface area (Å²) in [5.41, 5.74) is 8.33. The summed E-state index contributed by atoms with van der Waals surface area (Å²) in [4.78, 5) is 2.04. The first-order chi connectivity index (χ1) is 7.09. The molecule has 2 nitrogen and oxygen atoms in total. The summed E-state index contributed by atoms with van der Waals surface area (Å²) in [6, 6.07) is 6.23. The van der Waals surface area contributed by atoms with E-state index in [9.17, 15) is 0 Å². The van der Waals surface area contributed by atoms with E-state index in [-0.39, 0.29) is 18.4 Å². The van der Waals surface area contributed by atoms with Crippen LogP contribution in [0, 0.1) is 5.92 Å². The second-order valence-electron chi connectivity index (χ2n) is 4.46. The lowest BCUT2D eigenvalue weighted by Crippen LogP contribution is -2.14. The van der Waals surface area contributed by atoms with Gasteiger partial charge < -0.3 is 10.6 Å². The molecule has 0 amide bonds. The zero-order chi connectivity index (χ0) is 11.0. The molecule has 1 fully saturated rings. The zero-order valence-corrected chi connectivity index (χ0v) is 11.2. The second-order valence-corrected chi connectivity index (χ2v) is 4.87. The summed E-state index contributed by atoms with van der Waals surface area (Å²) in [6.45, 7) is 0. The van der Waals surface area contributed by atoms with E-state index in [1.54, 1.807) is 0 Å². The van der Waals surface area contributed by atoms with Crippen LogP contribution in [0.5, 0.6) is 0 Å². The Morgan fingerprint density at radius 2 is 2.00 bits per heavy atom. The van der Waals surface area contributed by atoms with Crippen molar-refractivity contribution >= 4 is 29.7 Å². The average molecular weight is 261 g/mol. The van der Waals surface area contributed by atoms with Gasteiger partial charge in [-0.15, -0.1) is 12.4 Å². The highest BCUT2D eigenvalue weighted by Crippen LogP contribution is 2.41. The van der Waals surface area contributed by atoms with E-state index in [0.29, 0.717) is 5.92 Å². The molecule has 1 atom stereocenters. The Morgan fingerprint density at radius 3 is 2.44 bits per heavy atom. The molecule has 0 heterocycles. The molecule has 2 rings (SSSR count). The van der Waals surface area contributed by atoms with Crippen molar-refractivity contribution in [2.24, 2.45) is 11.7 Å². The lowest BCUT2D eigenvalue weighted by molar-refractivity contribution is 0.634. The van der Waals surface area contributed by atoms with Crippen LogP contribution in [0.1, 0.15) is 24.4 Å². The Bertz CT molecular complexity index is 362. The molecule has 1 aliphatic rings. The molecule has 0 aliphatic heterocycles. The summed E-state index contributed by atoms with van der Waals surface area (Å²) >= 11 is 6.23. The largest absolute Gasteiger partial charge is 0.378 e. The Kier molecular flexibility index (Phi) is 4.48. The number of hydrogen-bond donors (Lipinski definition) is 1. The van der Waals surface area contributed by atoms with Gasteiger partial charge in [-0.1, -0.05) is 17.7 Å². The molecule has 90 valence electrons. The standard InChI is InChI=1S/C12H17ClN2.ClH/c1-15(2)9-5-6-10(11(13)7-9)12(14)8-3-4-8;/h5-8,12H,3-4,14H2,1-2H3;1H/t12-;/m0./s1. The monoisotopic (exact) mass is 260 g/mol.